The van der Waals surface area contributed by atoms with E-state index >= 15 is 0 Å². The summed E-state index contributed by atoms with van der Waals surface area (Å²) in [4.78, 5) is 12.0. The van der Waals surface area contributed by atoms with Crippen LogP contribution in [0.2, 0.25) is 0 Å². The SMILES string of the molecule is CC.Cc1ccccc1NC(=O)c1cn(C)nc1C(F)(F)F. The Morgan fingerprint density at radius 2 is 1.82 bits per heavy atom. The predicted octanol–water partition coefficient (Wildman–Crippen LogP) is 4.03. The number of rotatable bonds is 2. The molecule has 7 heteroatoms. The summed E-state index contributed by atoms with van der Waals surface area (Å²) in [7, 11) is 1.33. The molecular formula is C15H18F3N3O. The van der Waals surface area contributed by atoms with Crippen LogP contribution < -0.4 is 5.32 Å². The van der Waals surface area contributed by atoms with Gasteiger partial charge in [0.2, 0.25) is 0 Å². The number of hydrogen-bond acceptors (Lipinski definition) is 2. The molecule has 0 bridgehead atoms. The lowest BCUT2D eigenvalue weighted by Crippen LogP contribution is -2.18. The molecule has 1 heterocycles. The first-order valence-corrected chi connectivity index (χ1v) is 6.77. The van der Waals surface area contributed by atoms with E-state index in [0.29, 0.717) is 5.69 Å². The van der Waals surface area contributed by atoms with Crippen molar-refractivity contribution in [3.05, 3.63) is 47.3 Å². The lowest BCUT2D eigenvalue weighted by atomic mass is 10.2. The number of benzene rings is 1. The third-order valence-corrected chi connectivity index (χ3v) is 2.74. The summed E-state index contributed by atoms with van der Waals surface area (Å²) in [6.07, 6.45) is -3.61. The van der Waals surface area contributed by atoms with Crippen LogP contribution in [0.1, 0.15) is 35.5 Å². The van der Waals surface area contributed by atoms with Crippen molar-refractivity contribution in [2.24, 2.45) is 7.05 Å². The van der Waals surface area contributed by atoms with Crippen molar-refractivity contribution in [3.8, 4) is 0 Å². The van der Waals surface area contributed by atoms with Gasteiger partial charge in [-0.3, -0.25) is 9.48 Å². The number of aryl methyl sites for hydroxylation is 2. The van der Waals surface area contributed by atoms with Gasteiger partial charge in [-0.15, -0.1) is 0 Å². The topological polar surface area (TPSA) is 46.9 Å². The second kappa shape index (κ2) is 7.11. The maximum atomic E-state index is 12.8. The van der Waals surface area contributed by atoms with E-state index in [4.69, 9.17) is 0 Å². The maximum Gasteiger partial charge on any atom is 0.435 e. The summed E-state index contributed by atoms with van der Waals surface area (Å²) < 4.78 is 39.3. The monoisotopic (exact) mass is 313 g/mol. The Labute approximate surface area is 126 Å². The number of para-hydroxylation sites is 1. The van der Waals surface area contributed by atoms with Gasteiger partial charge in [0.05, 0.1) is 5.56 Å². The smallest absolute Gasteiger partial charge is 0.322 e. The Hall–Kier alpha value is -2.31. The number of carbonyl (C=O) groups is 1. The van der Waals surface area contributed by atoms with E-state index in [-0.39, 0.29) is 0 Å². The number of anilines is 1. The van der Waals surface area contributed by atoms with Crippen molar-refractivity contribution in [1.82, 2.24) is 9.78 Å². The summed E-state index contributed by atoms with van der Waals surface area (Å²) in [6.45, 7) is 5.75. The minimum atomic E-state index is -4.67. The fraction of sp³-hybridized carbons (Fsp3) is 0.333. The average Bonchev–Trinajstić information content (AvgIpc) is 2.86. The fourth-order valence-electron chi connectivity index (χ4n) is 1.77. The fourth-order valence-corrected chi connectivity index (χ4v) is 1.77. The molecule has 1 amide bonds. The van der Waals surface area contributed by atoms with Crippen molar-refractivity contribution in [1.29, 1.82) is 0 Å². The molecule has 120 valence electrons. The standard InChI is InChI=1S/C13H12F3N3O.C2H6/c1-8-5-3-4-6-10(8)17-12(20)9-7-19(2)18-11(9)13(14,15)16;1-2/h3-7H,1-2H3,(H,17,20);1-2H3. The zero-order valence-corrected chi connectivity index (χ0v) is 12.8. The van der Waals surface area contributed by atoms with E-state index in [9.17, 15) is 18.0 Å². The highest BCUT2D eigenvalue weighted by Crippen LogP contribution is 2.31. The second-order valence-corrected chi connectivity index (χ2v) is 4.33. The summed E-state index contributed by atoms with van der Waals surface area (Å²) in [5, 5.41) is 5.76. The van der Waals surface area contributed by atoms with Crippen molar-refractivity contribution in [2.75, 3.05) is 5.32 Å². The molecule has 22 heavy (non-hydrogen) atoms. The van der Waals surface area contributed by atoms with E-state index in [1.54, 1.807) is 31.2 Å². The Kier molecular flexibility index (Phi) is 5.73. The summed E-state index contributed by atoms with van der Waals surface area (Å²) in [6, 6.07) is 6.84. The van der Waals surface area contributed by atoms with E-state index in [0.717, 1.165) is 16.4 Å². The lowest BCUT2D eigenvalue weighted by molar-refractivity contribution is -0.141. The zero-order chi connectivity index (χ0) is 16.9. The van der Waals surface area contributed by atoms with Gasteiger partial charge in [-0.25, -0.2) is 0 Å². The van der Waals surface area contributed by atoms with Gasteiger partial charge >= 0.3 is 6.18 Å². The molecule has 2 aromatic rings. The molecule has 0 aliphatic rings. The van der Waals surface area contributed by atoms with E-state index in [2.05, 4.69) is 10.4 Å². The Morgan fingerprint density at radius 1 is 1.23 bits per heavy atom. The number of amides is 1. The van der Waals surface area contributed by atoms with Crippen molar-refractivity contribution < 1.29 is 18.0 Å². The minimum absolute atomic E-state index is 0.467. The Morgan fingerprint density at radius 3 is 2.36 bits per heavy atom. The molecule has 4 nitrogen and oxygen atoms in total. The second-order valence-electron chi connectivity index (χ2n) is 4.33. The number of alkyl halides is 3. The van der Waals surface area contributed by atoms with Crippen LogP contribution in [-0.4, -0.2) is 15.7 Å². The van der Waals surface area contributed by atoms with Crippen LogP contribution in [0.25, 0.3) is 0 Å². The Bertz CT molecular complexity index is 648. The molecule has 0 radical (unpaired) electrons. The normalized spacial score (nSPS) is 10.7. The molecule has 0 fully saturated rings. The molecular weight excluding hydrogens is 295 g/mol. The van der Waals surface area contributed by atoms with Crippen LogP contribution in [0.15, 0.2) is 30.5 Å². The minimum Gasteiger partial charge on any atom is -0.322 e. The van der Waals surface area contributed by atoms with Gasteiger partial charge in [-0.1, -0.05) is 32.0 Å². The van der Waals surface area contributed by atoms with Gasteiger partial charge < -0.3 is 5.32 Å². The van der Waals surface area contributed by atoms with Crippen LogP contribution in [0.5, 0.6) is 0 Å². The number of hydrogen-bond donors (Lipinski definition) is 1. The first-order valence-electron chi connectivity index (χ1n) is 6.77. The Balaban J connectivity index is 0.00000116. The summed E-state index contributed by atoms with van der Waals surface area (Å²) >= 11 is 0. The van der Waals surface area contributed by atoms with Gasteiger partial charge in [0, 0.05) is 18.9 Å². The van der Waals surface area contributed by atoms with Gasteiger partial charge in [0.15, 0.2) is 5.69 Å². The molecule has 0 aliphatic carbocycles. The van der Waals surface area contributed by atoms with Crippen LogP contribution in [-0.2, 0) is 13.2 Å². The molecule has 0 aliphatic heterocycles. The predicted molar refractivity (Wildman–Crippen MR) is 78.7 cm³/mol. The van der Waals surface area contributed by atoms with Crippen LogP contribution >= 0.6 is 0 Å². The molecule has 1 aromatic carbocycles. The number of nitrogens with zero attached hydrogens (tertiary/aromatic N) is 2. The molecule has 0 unspecified atom stereocenters. The zero-order valence-electron chi connectivity index (χ0n) is 12.8. The van der Waals surface area contributed by atoms with Gasteiger partial charge in [0.25, 0.3) is 5.91 Å². The molecule has 1 aromatic heterocycles. The third kappa shape index (κ3) is 4.09. The van der Waals surface area contributed by atoms with Crippen LogP contribution in [0, 0.1) is 6.92 Å². The molecule has 0 saturated heterocycles. The molecule has 0 saturated carbocycles. The van der Waals surface area contributed by atoms with Crippen molar-refractivity contribution in [2.45, 2.75) is 26.9 Å². The van der Waals surface area contributed by atoms with Crippen LogP contribution in [0.3, 0.4) is 0 Å². The number of nitrogens with one attached hydrogen (secondary N) is 1. The first kappa shape index (κ1) is 17.7. The average molecular weight is 313 g/mol. The number of halogens is 3. The van der Waals surface area contributed by atoms with Gasteiger partial charge in [-0.05, 0) is 18.6 Å². The highest BCUT2D eigenvalue weighted by atomic mass is 19.4. The molecule has 1 N–H and O–H groups in total. The molecule has 2 rings (SSSR count). The first-order chi connectivity index (χ1) is 10.3. The van der Waals surface area contributed by atoms with Crippen molar-refractivity contribution >= 4 is 11.6 Å². The summed E-state index contributed by atoms with van der Waals surface area (Å²) in [5.41, 5.74) is -0.456. The maximum absolute atomic E-state index is 12.8. The number of aromatic nitrogens is 2. The molecule has 0 atom stereocenters. The van der Waals surface area contributed by atoms with E-state index in [1.165, 1.54) is 7.05 Å². The summed E-state index contributed by atoms with van der Waals surface area (Å²) in [5.74, 6) is -0.834. The van der Waals surface area contributed by atoms with Gasteiger partial charge in [-0.2, -0.15) is 18.3 Å². The van der Waals surface area contributed by atoms with E-state index in [1.807, 2.05) is 13.8 Å². The molecule has 0 spiro atoms. The quantitative estimate of drug-likeness (QED) is 0.910. The van der Waals surface area contributed by atoms with Crippen molar-refractivity contribution in [3.63, 3.8) is 0 Å². The van der Waals surface area contributed by atoms with Crippen LogP contribution in [0.4, 0.5) is 18.9 Å². The third-order valence-electron chi connectivity index (χ3n) is 2.74. The van der Waals surface area contributed by atoms with E-state index < -0.39 is 23.3 Å². The largest absolute Gasteiger partial charge is 0.435 e. The van der Waals surface area contributed by atoms with Gasteiger partial charge in [0.1, 0.15) is 0 Å². The lowest BCUT2D eigenvalue weighted by Gasteiger charge is -2.09. The highest BCUT2D eigenvalue weighted by Gasteiger charge is 2.39. The number of carbonyl (C=O) groups excluding carboxylic acids is 1. The highest BCUT2D eigenvalue weighted by molar-refractivity contribution is 6.05.